The molecular formula is C10H16N4O3. The van der Waals surface area contributed by atoms with Gasteiger partial charge in [0.25, 0.3) is 0 Å². The van der Waals surface area contributed by atoms with Crippen LogP contribution in [0.25, 0.3) is 10.4 Å². The Balaban J connectivity index is 2.50. The van der Waals surface area contributed by atoms with Gasteiger partial charge in [-0.1, -0.05) is 5.11 Å². The highest BCUT2D eigenvalue weighted by Gasteiger charge is 2.28. The molecule has 0 aromatic carbocycles. The Morgan fingerprint density at radius 1 is 1.59 bits per heavy atom. The van der Waals surface area contributed by atoms with E-state index in [4.69, 9.17) is 10.3 Å². The molecule has 0 N–H and O–H groups in total. The van der Waals surface area contributed by atoms with Gasteiger partial charge in [-0.25, -0.2) is 0 Å². The molecule has 1 unspecified atom stereocenters. The average molecular weight is 240 g/mol. The molecule has 0 radical (unpaired) electrons. The molecule has 1 heterocycles. The molecule has 0 saturated carbocycles. The summed E-state index contributed by atoms with van der Waals surface area (Å²) in [6, 6.07) is 0. The van der Waals surface area contributed by atoms with Crippen LogP contribution in [-0.4, -0.2) is 43.0 Å². The van der Waals surface area contributed by atoms with Crippen LogP contribution in [-0.2, 0) is 14.3 Å². The molecule has 1 aliphatic rings. The van der Waals surface area contributed by atoms with Gasteiger partial charge in [0.1, 0.15) is 6.54 Å². The summed E-state index contributed by atoms with van der Waals surface area (Å²) in [5.41, 5.74) is 8.14. The number of amides is 1. The highest BCUT2D eigenvalue weighted by atomic mass is 16.5. The highest BCUT2D eigenvalue weighted by Crippen LogP contribution is 2.18. The van der Waals surface area contributed by atoms with Crippen molar-refractivity contribution in [2.24, 2.45) is 11.0 Å². The fourth-order valence-corrected chi connectivity index (χ4v) is 1.85. The molecule has 0 aromatic rings. The third-order valence-corrected chi connectivity index (χ3v) is 2.66. The number of esters is 1. The SMILES string of the molecule is CCOC(=O)C1CCCN(C(=O)CN=[N+]=[N-])C1. The summed E-state index contributed by atoms with van der Waals surface area (Å²) in [4.78, 5) is 27.2. The minimum Gasteiger partial charge on any atom is -0.466 e. The maximum absolute atomic E-state index is 11.6. The van der Waals surface area contributed by atoms with Crippen LogP contribution in [0.5, 0.6) is 0 Å². The first-order valence-corrected chi connectivity index (χ1v) is 5.64. The minimum atomic E-state index is -0.256. The molecule has 0 spiro atoms. The third-order valence-electron chi connectivity index (χ3n) is 2.66. The van der Waals surface area contributed by atoms with Crippen molar-refractivity contribution in [3.8, 4) is 0 Å². The lowest BCUT2D eigenvalue weighted by atomic mass is 9.98. The Hall–Kier alpha value is -1.75. The van der Waals surface area contributed by atoms with Crippen molar-refractivity contribution in [2.45, 2.75) is 19.8 Å². The van der Waals surface area contributed by atoms with Crippen molar-refractivity contribution in [1.82, 2.24) is 4.90 Å². The second-order valence-corrected chi connectivity index (χ2v) is 3.82. The van der Waals surface area contributed by atoms with E-state index < -0.39 is 0 Å². The monoisotopic (exact) mass is 240 g/mol. The number of hydrogen-bond acceptors (Lipinski definition) is 4. The molecule has 1 aliphatic heterocycles. The fraction of sp³-hybridized carbons (Fsp3) is 0.800. The fourth-order valence-electron chi connectivity index (χ4n) is 1.85. The quantitative estimate of drug-likeness (QED) is 0.318. The third kappa shape index (κ3) is 3.96. The van der Waals surface area contributed by atoms with E-state index in [-0.39, 0.29) is 24.3 Å². The maximum atomic E-state index is 11.6. The largest absolute Gasteiger partial charge is 0.466 e. The van der Waals surface area contributed by atoms with Gasteiger partial charge in [0.2, 0.25) is 5.91 Å². The number of nitrogens with zero attached hydrogens (tertiary/aromatic N) is 4. The number of carbonyl (C=O) groups is 2. The van der Waals surface area contributed by atoms with E-state index in [1.54, 1.807) is 11.8 Å². The van der Waals surface area contributed by atoms with Crippen LogP contribution in [0, 0.1) is 5.92 Å². The molecule has 0 aliphatic carbocycles. The second-order valence-electron chi connectivity index (χ2n) is 3.82. The van der Waals surface area contributed by atoms with E-state index in [1.807, 2.05) is 0 Å². The van der Waals surface area contributed by atoms with Crippen molar-refractivity contribution in [2.75, 3.05) is 26.2 Å². The van der Waals surface area contributed by atoms with Crippen molar-refractivity contribution < 1.29 is 14.3 Å². The van der Waals surface area contributed by atoms with Gasteiger partial charge in [0, 0.05) is 18.0 Å². The van der Waals surface area contributed by atoms with Gasteiger partial charge in [0.05, 0.1) is 12.5 Å². The van der Waals surface area contributed by atoms with E-state index in [2.05, 4.69) is 10.0 Å². The van der Waals surface area contributed by atoms with Gasteiger partial charge in [-0.3, -0.25) is 9.59 Å². The molecule has 0 bridgehead atoms. The van der Waals surface area contributed by atoms with E-state index in [0.717, 1.165) is 12.8 Å². The number of likely N-dealkylation sites (tertiary alicyclic amines) is 1. The maximum Gasteiger partial charge on any atom is 0.310 e. The first-order valence-electron chi connectivity index (χ1n) is 5.64. The van der Waals surface area contributed by atoms with Gasteiger partial charge >= 0.3 is 5.97 Å². The lowest BCUT2D eigenvalue weighted by Gasteiger charge is -2.31. The molecule has 1 amide bonds. The Labute approximate surface area is 99.3 Å². The van der Waals surface area contributed by atoms with Gasteiger partial charge in [-0.15, -0.1) is 0 Å². The smallest absolute Gasteiger partial charge is 0.310 e. The second kappa shape index (κ2) is 6.75. The first kappa shape index (κ1) is 13.3. The molecule has 7 heteroatoms. The van der Waals surface area contributed by atoms with Crippen molar-refractivity contribution >= 4 is 11.9 Å². The van der Waals surface area contributed by atoms with E-state index in [9.17, 15) is 9.59 Å². The molecular weight excluding hydrogens is 224 g/mol. The molecule has 1 fully saturated rings. The number of hydrogen-bond donors (Lipinski definition) is 0. The molecule has 1 atom stereocenters. The molecule has 1 rings (SSSR count). The van der Waals surface area contributed by atoms with Gasteiger partial charge in [-0.05, 0) is 25.3 Å². The summed E-state index contributed by atoms with van der Waals surface area (Å²) in [6.07, 6.45) is 1.51. The van der Waals surface area contributed by atoms with Crippen molar-refractivity contribution in [3.63, 3.8) is 0 Å². The number of azide groups is 1. The first-order chi connectivity index (χ1) is 8.19. The zero-order chi connectivity index (χ0) is 12.7. The number of ether oxygens (including phenoxy) is 1. The number of rotatable bonds is 4. The zero-order valence-electron chi connectivity index (χ0n) is 9.83. The van der Waals surface area contributed by atoms with Crippen molar-refractivity contribution in [1.29, 1.82) is 0 Å². The number of carbonyl (C=O) groups excluding carboxylic acids is 2. The van der Waals surface area contributed by atoms with E-state index in [0.29, 0.717) is 19.7 Å². The predicted octanol–water partition coefficient (Wildman–Crippen LogP) is 1.10. The Morgan fingerprint density at radius 2 is 2.35 bits per heavy atom. The molecule has 1 saturated heterocycles. The molecule has 0 aromatic heterocycles. The van der Waals surface area contributed by atoms with Gasteiger partial charge in [0.15, 0.2) is 0 Å². The highest BCUT2D eigenvalue weighted by molar-refractivity contribution is 5.80. The number of piperidine rings is 1. The van der Waals surface area contributed by atoms with Crippen LogP contribution in [0.2, 0.25) is 0 Å². The Bertz CT molecular complexity index is 338. The summed E-state index contributed by atoms with van der Waals surface area (Å²) in [6.45, 7) is 2.88. The van der Waals surface area contributed by atoms with Crippen LogP contribution in [0.3, 0.4) is 0 Å². The van der Waals surface area contributed by atoms with Gasteiger partial charge in [-0.2, -0.15) is 0 Å². The van der Waals surface area contributed by atoms with Crippen LogP contribution in [0.15, 0.2) is 5.11 Å². The van der Waals surface area contributed by atoms with Crippen molar-refractivity contribution in [3.05, 3.63) is 10.4 Å². The lowest BCUT2D eigenvalue weighted by molar-refractivity contribution is -0.151. The van der Waals surface area contributed by atoms with Crippen LogP contribution >= 0.6 is 0 Å². The Kier molecular flexibility index (Phi) is 5.29. The molecule has 94 valence electrons. The van der Waals surface area contributed by atoms with Crippen LogP contribution in [0.1, 0.15) is 19.8 Å². The standard InChI is InChI=1S/C10H16N4O3/c1-2-17-10(16)8-4-3-5-14(7-8)9(15)6-12-13-11/h8H,2-7H2,1H3. The Morgan fingerprint density at radius 3 is 3.00 bits per heavy atom. The average Bonchev–Trinajstić information content (AvgIpc) is 2.36. The zero-order valence-corrected chi connectivity index (χ0v) is 9.83. The van der Waals surface area contributed by atoms with Crippen LogP contribution < -0.4 is 0 Å². The summed E-state index contributed by atoms with van der Waals surface area (Å²) in [5.74, 6) is -0.746. The summed E-state index contributed by atoms with van der Waals surface area (Å²) in [7, 11) is 0. The van der Waals surface area contributed by atoms with E-state index >= 15 is 0 Å². The van der Waals surface area contributed by atoms with E-state index in [1.165, 1.54) is 0 Å². The predicted molar refractivity (Wildman–Crippen MR) is 60.0 cm³/mol. The summed E-state index contributed by atoms with van der Waals surface area (Å²) in [5, 5.41) is 3.23. The molecule has 17 heavy (non-hydrogen) atoms. The summed E-state index contributed by atoms with van der Waals surface area (Å²) >= 11 is 0. The van der Waals surface area contributed by atoms with Gasteiger partial charge < -0.3 is 9.64 Å². The van der Waals surface area contributed by atoms with Crippen LogP contribution in [0.4, 0.5) is 0 Å². The topological polar surface area (TPSA) is 95.4 Å². The summed E-state index contributed by atoms with van der Waals surface area (Å²) < 4.78 is 4.93. The lowest BCUT2D eigenvalue weighted by Crippen LogP contribution is -2.43. The minimum absolute atomic E-state index is 0.188. The normalized spacial score (nSPS) is 19.4. The molecule has 7 nitrogen and oxygen atoms in total.